The van der Waals surface area contributed by atoms with Gasteiger partial charge in [0.1, 0.15) is 5.82 Å². The molecule has 0 saturated carbocycles. The molecule has 1 aliphatic heterocycles. The van der Waals surface area contributed by atoms with Crippen molar-refractivity contribution in [2.75, 3.05) is 39.0 Å². The van der Waals surface area contributed by atoms with Gasteiger partial charge >= 0.3 is 0 Å². The van der Waals surface area contributed by atoms with E-state index in [1.165, 1.54) is 0 Å². The summed E-state index contributed by atoms with van der Waals surface area (Å²) in [5.74, 6) is 0.867. The van der Waals surface area contributed by atoms with Crippen molar-refractivity contribution >= 4 is 11.7 Å². The second-order valence-electron chi connectivity index (χ2n) is 5.86. The molecule has 0 radical (unpaired) electrons. The van der Waals surface area contributed by atoms with E-state index in [2.05, 4.69) is 22.2 Å². The van der Waals surface area contributed by atoms with Crippen LogP contribution < -0.4 is 5.32 Å². The highest BCUT2D eigenvalue weighted by atomic mass is 16.2. The summed E-state index contributed by atoms with van der Waals surface area (Å²) in [7, 11) is 4.05. The third-order valence-corrected chi connectivity index (χ3v) is 4.11. The molecule has 1 aromatic heterocycles. The van der Waals surface area contributed by atoms with Gasteiger partial charge in [0.25, 0.3) is 5.91 Å². The number of hydrogen-bond acceptors (Lipinski definition) is 4. The molecule has 0 bridgehead atoms. The summed E-state index contributed by atoms with van der Waals surface area (Å²) in [6.07, 6.45) is 2.09. The first kappa shape index (κ1) is 15.8. The quantitative estimate of drug-likeness (QED) is 0.921. The normalized spacial score (nSPS) is 16.8. The maximum Gasteiger partial charge on any atom is 0.254 e. The lowest BCUT2D eigenvalue weighted by molar-refractivity contribution is 0.0659. The van der Waals surface area contributed by atoms with Crippen molar-refractivity contribution in [3.8, 4) is 0 Å². The van der Waals surface area contributed by atoms with Gasteiger partial charge in [0, 0.05) is 30.9 Å². The van der Waals surface area contributed by atoms with Gasteiger partial charge in [-0.2, -0.15) is 0 Å². The number of nitrogens with one attached hydrogen (secondary N) is 1. The summed E-state index contributed by atoms with van der Waals surface area (Å²) in [6.45, 7) is 6.86. The van der Waals surface area contributed by atoms with E-state index in [9.17, 15) is 4.79 Å². The Hall–Kier alpha value is -1.62. The van der Waals surface area contributed by atoms with Crippen molar-refractivity contribution in [2.24, 2.45) is 0 Å². The SMILES string of the molecule is CCNc1cc(C(=O)N(C)C2CCN(C)CC2)cc(C)n1. The minimum atomic E-state index is 0.0919. The van der Waals surface area contributed by atoms with Crippen LogP contribution in [-0.2, 0) is 0 Å². The molecule has 0 atom stereocenters. The maximum atomic E-state index is 12.7. The van der Waals surface area contributed by atoms with Crippen LogP contribution in [-0.4, -0.2) is 60.5 Å². The lowest BCUT2D eigenvalue weighted by Gasteiger charge is -2.35. The van der Waals surface area contributed by atoms with Crippen LogP contribution in [0.25, 0.3) is 0 Å². The van der Waals surface area contributed by atoms with E-state index in [0.717, 1.165) is 49.6 Å². The Morgan fingerprint density at radius 3 is 2.71 bits per heavy atom. The molecule has 1 N–H and O–H groups in total. The molecule has 1 aromatic rings. The fraction of sp³-hybridized carbons (Fsp3) is 0.625. The Kier molecular flexibility index (Phi) is 5.17. The number of carbonyl (C=O) groups excluding carboxylic acids is 1. The van der Waals surface area contributed by atoms with Gasteiger partial charge in [-0.05, 0) is 59.0 Å². The van der Waals surface area contributed by atoms with E-state index in [4.69, 9.17) is 0 Å². The number of hydrogen-bond donors (Lipinski definition) is 1. The first-order valence-electron chi connectivity index (χ1n) is 7.69. The lowest BCUT2D eigenvalue weighted by atomic mass is 10.0. The molecule has 116 valence electrons. The number of carbonyl (C=O) groups is 1. The van der Waals surface area contributed by atoms with Gasteiger partial charge in [-0.3, -0.25) is 4.79 Å². The van der Waals surface area contributed by atoms with Crippen LogP contribution in [0.1, 0.15) is 35.8 Å². The van der Waals surface area contributed by atoms with Crippen LogP contribution in [0.2, 0.25) is 0 Å². The molecule has 21 heavy (non-hydrogen) atoms. The molecule has 0 unspecified atom stereocenters. The average Bonchev–Trinajstić information content (AvgIpc) is 2.46. The Balaban J connectivity index is 2.11. The zero-order valence-corrected chi connectivity index (χ0v) is 13.5. The molecule has 5 heteroatoms. The zero-order chi connectivity index (χ0) is 15.4. The van der Waals surface area contributed by atoms with Crippen LogP contribution in [0, 0.1) is 6.92 Å². The molecule has 0 aromatic carbocycles. The summed E-state index contributed by atoms with van der Waals surface area (Å²) in [6, 6.07) is 4.06. The van der Waals surface area contributed by atoms with Crippen LogP contribution in [0.3, 0.4) is 0 Å². The summed E-state index contributed by atoms with van der Waals surface area (Å²) < 4.78 is 0. The summed E-state index contributed by atoms with van der Waals surface area (Å²) in [5, 5.41) is 3.18. The summed E-state index contributed by atoms with van der Waals surface area (Å²) in [5.41, 5.74) is 1.59. The first-order chi connectivity index (χ1) is 10.0. The Labute approximate surface area is 127 Å². The lowest BCUT2D eigenvalue weighted by Crippen LogP contribution is -2.44. The van der Waals surface area contributed by atoms with Gasteiger partial charge in [0.2, 0.25) is 0 Å². The molecular weight excluding hydrogens is 264 g/mol. The van der Waals surface area contributed by atoms with Crippen molar-refractivity contribution in [2.45, 2.75) is 32.7 Å². The highest BCUT2D eigenvalue weighted by molar-refractivity contribution is 5.95. The highest BCUT2D eigenvalue weighted by Gasteiger charge is 2.25. The minimum absolute atomic E-state index is 0.0919. The molecular formula is C16H26N4O. The van der Waals surface area contributed by atoms with Gasteiger partial charge < -0.3 is 15.1 Å². The maximum absolute atomic E-state index is 12.7. The minimum Gasteiger partial charge on any atom is -0.370 e. The van der Waals surface area contributed by atoms with Gasteiger partial charge in [-0.15, -0.1) is 0 Å². The number of rotatable bonds is 4. The predicted molar refractivity (Wildman–Crippen MR) is 85.8 cm³/mol. The number of amides is 1. The van der Waals surface area contributed by atoms with E-state index >= 15 is 0 Å². The molecule has 2 rings (SSSR count). The van der Waals surface area contributed by atoms with Crippen LogP contribution in [0.4, 0.5) is 5.82 Å². The fourth-order valence-corrected chi connectivity index (χ4v) is 2.82. The number of nitrogens with zero attached hydrogens (tertiary/aromatic N) is 3. The average molecular weight is 290 g/mol. The Bertz CT molecular complexity index is 495. The van der Waals surface area contributed by atoms with Gasteiger partial charge in [0.05, 0.1) is 0 Å². The van der Waals surface area contributed by atoms with Gasteiger partial charge in [0.15, 0.2) is 0 Å². The summed E-state index contributed by atoms with van der Waals surface area (Å²) in [4.78, 5) is 21.3. The zero-order valence-electron chi connectivity index (χ0n) is 13.5. The van der Waals surface area contributed by atoms with E-state index < -0.39 is 0 Å². The van der Waals surface area contributed by atoms with Crippen LogP contribution >= 0.6 is 0 Å². The number of pyridine rings is 1. The molecule has 1 saturated heterocycles. The number of likely N-dealkylation sites (tertiary alicyclic amines) is 1. The van der Waals surface area contributed by atoms with Crippen molar-refractivity contribution < 1.29 is 4.79 Å². The molecule has 0 spiro atoms. The number of aryl methyl sites for hydroxylation is 1. The molecule has 1 aliphatic rings. The second kappa shape index (κ2) is 6.89. The first-order valence-corrected chi connectivity index (χ1v) is 7.69. The van der Waals surface area contributed by atoms with E-state index in [1.54, 1.807) is 0 Å². The van der Waals surface area contributed by atoms with Gasteiger partial charge in [-0.25, -0.2) is 4.98 Å². The second-order valence-corrected chi connectivity index (χ2v) is 5.86. The summed E-state index contributed by atoms with van der Waals surface area (Å²) >= 11 is 0. The van der Waals surface area contributed by atoms with E-state index in [1.807, 2.05) is 37.9 Å². The fourth-order valence-electron chi connectivity index (χ4n) is 2.82. The topological polar surface area (TPSA) is 48.5 Å². The van der Waals surface area contributed by atoms with Crippen molar-refractivity contribution in [1.29, 1.82) is 0 Å². The molecule has 1 fully saturated rings. The van der Waals surface area contributed by atoms with Crippen LogP contribution in [0.15, 0.2) is 12.1 Å². The third kappa shape index (κ3) is 3.94. The van der Waals surface area contributed by atoms with Crippen molar-refractivity contribution in [3.63, 3.8) is 0 Å². The third-order valence-electron chi connectivity index (χ3n) is 4.11. The number of anilines is 1. The van der Waals surface area contributed by atoms with Crippen molar-refractivity contribution in [3.05, 3.63) is 23.4 Å². The molecule has 0 aliphatic carbocycles. The largest absolute Gasteiger partial charge is 0.370 e. The van der Waals surface area contributed by atoms with E-state index in [0.29, 0.717) is 6.04 Å². The number of piperidine rings is 1. The van der Waals surface area contributed by atoms with E-state index in [-0.39, 0.29) is 5.91 Å². The highest BCUT2D eigenvalue weighted by Crippen LogP contribution is 2.18. The molecule has 5 nitrogen and oxygen atoms in total. The number of aromatic nitrogens is 1. The van der Waals surface area contributed by atoms with Crippen molar-refractivity contribution in [1.82, 2.24) is 14.8 Å². The molecule has 2 heterocycles. The molecule has 1 amide bonds. The standard InChI is InChI=1S/C16H26N4O/c1-5-17-15-11-13(10-12(2)18-15)16(21)20(4)14-6-8-19(3)9-7-14/h10-11,14H,5-9H2,1-4H3,(H,17,18). The smallest absolute Gasteiger partial charge is 0.254 e. The Morgan fingerprint density at radius 2 is 2.10 bits per heavy atom. The van der Waals surface area contributed by atoms with Gasteiger partial charge in [-0.1, -0.05) is 0 Å². The Morgan fingerprint density at radius 1 is 1.43 bits per heavy atom. The van der Waals surface area contributed by atoms with Crippen LogP contribution in [0.5, 0.6) is 0 Å². The monoisotopic (exact) mass is 290 g/mol. The predicted octanol–water partition coefficient (Wildman–Crippen LogP) is 1.99.